The van der Waals surface area contributed by atoms with E-state index in [4.69, 9.17) is 14.0 Å². The molecule has 6 nitrogen and oxygen atoms in total. The van der Waals surface area contributed by atoms with Crippen molar-refractivity contribution in [2.45, 2.75) is 56.6 Å². The zero-order valence-electron chi connectivity index (χ0n) is 18.0. The number of hydrogen-bond donors (Lipinski definition) is 1. The summed E-state index contributed by atoms with van der Waals surface area (Å²) in [6.07, 6.45) is -7.79. The summed E-state index contributed by atoms with van der Waals surface area (Å²) in [7, 11) is 0. The third kappa shape index (κ3) is 4.55. The van der Waals surface area contributed by atoms with E-state index in [1.165, 1.54) is 24.3 Å². The van der Waals surface area contributed by atoms with Crippen molar-refractivity contribution in [1.29, 1.82) is 0 Å². The van der Waals surface area contributed by atoms with Gasteiger partial charge in [-0.3, -0.25) is 0 Å². The van der Waals surface area contributed by atoms with Crippen molar-refractivity contribution in [3.05, 3.63) is 41.2 Å². The Labute approximate surface area is 191 Å². The lowest BCUT2D eigenvalue weighted by atomic mass is 9.99. The van der Waals surface area contributed by atoms with Crippen LogP contribution in [0.5, 0.6) is 0 Å². The normalized spacial score (nSPS) is 25.5. The number of halogens is 5. The number of nitrogens with one attached hydrogen (secondary N) is 1. The van der Waals surface area contributed by atoms with Crippen LogP contribution in [0.25, 0.3) is 11.3 Å². The van der Waals surface area contributed by atoms with Gasteiger partial charge in [0.1, 0.15) is 11.5 Å². The molecule has 1 aromatic carbocycles. The van der Waals surface area contributed by atoms with E-state index < -0.39 is 31.0 Å². The fraction of sp³-hybridized carbons (Fsp3) is 0.565. The molecule has 1 aromatic heterocycles. The number of carbonyl (C=O) groups is 1. The molecule has 1 aliphatic heterocycles. The molecular formula is C23H23F5N2O4. The molecule has 0 radical (unpaired) electrons. The van der Waals surface area contributed by atoms with Gasteiger partial charge in [0.2, 0.25) is 6.29 Å². The maximum atomic E-state index is 13.7. The van der Waals surface area contributed by atoms with E-state index in [9.17, 15) is 26.7 Å². The van der Waals surface area contributed by atoms with E-state index >= 15 is 0 Å². The summed E-state index contributed by atoms with van der Waals surface area (Å²) in [5.74, 6) is -1.74. The number of rotatable bonds is 7. The summed E-state index contributed by atoms with van der Waals surface area (Å²) in [6, 6.07) is 5.53. The van der Waals surface area contributed by atoms with Crippen molar-refractivity contribution in [3.63, 3.8) is 0 Å². The molecule has 0 amide bonds. The minimum atomic E-state index is -5.25. The predicted octanol–water partition coefficient (Wildman–Crippen LogP) is 5.28. The van der Waals surface area contributed by atoms with Crippen molar-refractivity contribution in [3.8, 4) is 11.3 Å². The predicted molar refractivity (Wildman–Crippen MR) is 108 cm³/mol. The largest absolute Gasteiger partial charge is 0.491 e. The maximum absolute atomic E-state index is 13.7. The van der Waals surface area contributed by atoms with Crippen LogP contribution in [0.3, 0.4) is 0 Å². The van der Waals surface area contributed by atoms with Crippen LogP contribution in [0.4, 0.5) is 22.0 Å². The highest BCUT2D eigenvalue weighted by Gasteiger charge is 2.47. The zero-order chi connectivity index (χ0) is 24.0. The van der Waals surface area contributed by atoms with Gasteiger partial charge in [-0.1, -0.05) is 29.4 Å². The molecule has 5 rings (SSSR count). The molecule has 3 aliphatic rings. The van der Waals surface area contributed by atoms with Crippen LogP contribution >= 0.6 is 0 Å². The van der Waals surface area contributed by atoms with Gasteiger partial charge in [0.15, 0.2) is 0 Å². The average molecular weight is 486 g/mol. The number of hydrogen-bond acceptors (Lipinski definition) is 6. The summed E-state index contributed by atoms with van der Waals surface area (Å²) in [5, 5.41) is 7.21. The van der Waals surface area contributed by atoms with Crippen molar-refractivity contribution in [2.75, 3.05) is 13.1 Å². The Morgan fingerprint density at radius 2 is 1.79 bits per heavy atom. The van der Waals surface area contributed by atoms with Crippen LogP contribution < -0.4 is 5.32 Å². The second kappa shape index (κ2) is 8.92. The van der Waals surface area contributed by atoms with Gasteiger partial charge in [-0.2, -0.15) is 13.2 Å². The molecule has 1 N–H and O–H groups in total. The van der Waals surface area contributed by atoms with E-state index in [1.54, 1.807) is 0 Å². The van der Waals surface area contributed by atoms with Crippen LogP contribution in [0, 0.1) is 11.8 Å². The number of ether oxygens (including phenoxy) is 2. The van der Waals surface area contributed by atoms with Crippen LogP contribution in [-0.4, -0.2) is 36.5 Å². The quantitative estimate of drug-likeness (QED) is 0.326. The molecule has 2 saturated carbocycles. The Kier molecular flexibility index (Phi) is 6.09. The minimum Gasteiger partial charge on any atom is -0.424 e. The second-order valence-corrected chi connectivity index (χ2v) is 9.11. The van der Waals surface area contributed by atoms with Gasteiger partial charge in [0.05, 0.1) is 11.7 Å². The first-order valence-corrected chi connectivity index (χ1v) is 11.2. The standard InChI is InChI=1S/C23H23F5N2O4/c24-20(25)16-4-2-1-3-15(16)18-17(19(34-30-18)11-5-6-11)21(33-22(31)23(26,27)28)32-14-7-12-9-29-10-13(12)8-14/h1-4,11-14,20-21,29H,5-10H2. The molecule has 3 unspecified atom stereocenters. The number of benzene rings is 1. The first-order valence-electron chi connectivity index (χ1n) is 11.2. The lowest BCUT2D eigenvalue weighted by molar-refractivity contribution is -0.234. The highest BCUT2D eigenvalue weighted by atomic mass is 19.4. The van der Waals surface area contributed by atoms with Crippen LogP contribution in [-0.2, 0) is 14.3 Å². The summed E-state index contributed by atoms with van der Waals surface area (Å²) in [5.41, 5.74) is -0.491. The molecule has 0 spiro atoms. The number of carbonyl (C=O) groups excluding carboxylic acids is 1. The number of nitrogens with zero attached hydrogens (tertiary/aromatic N) is 1. The Bertz CT molecular complexity index is 1040. The number of aromatic nitrogens is 1. The Morgan fingerprint density at radius 3 is 2.41 bits per heavy atom. The Morgan fingerprint density at radius 1 is 1.12 bits per heavy atom. The molecule has 3 atom stereocenters. The summed E-state index contributed by atoms with van der Waals surface area (Å²) in [6.45, 7) is 1.57. The minimum absolute atomic E-state index is 0.00713. The molecule has 0 bridgehead atoms. The Hall–Kier alpha value is -2.53. The first kappa shape index (κ1) is 23.2. The number of fused-ring (bicyclic) bond motifs is 1. The van der Waals surface area contributed by atoms with Gasteiger partial charge in [-0.05, 0) is 50.6 Å². The van der Waals surface area contributed by atoms with E-state index in [2.05, 4.69) is 10.5 Å². The highest BCUT2D eigenvalue weighted by molar-refractivity contribution is 5.76. The van der Waals surface area contributed by atoms with Crippen LogP contribution in [0.15, 0.2) is 28.8 Å². The summed E-state index contributed by atoms with van der Waals surface area (Å²) >= 11 is 0. The van der Waals surface area contributed by atoms with Gasteiger partial charge in [0.25, 0.3) is 6.43 Å². The Balaban J connectivity index is 1.55. The molecule has 2 heterocycles. The van der Waals surface area contributed by atoms with E-state index in [0.29, 0.717) is 37.5 Å². The molecule has 2 aromatic rings. The molecule has 2 aliphatic carbocycles. The average Bonchev–Trinajstić information content (AvgIpc) is 3.20. The summed E-state index contributed by atoms with van der Waals surface area (Å²) in [4.78, 5) is 11.9. The SMILES string of the molecule is O=C(OC(OC1CC2CNCC2C1)c1c(-c2ccccc2C(F)F)noc1C1CC1)C(F)(F)F. The van der Waals surface area contributed by atoms with Gasteiger partial charge >= 0.3 is 12.1 Å². The lowest BCUT2D eigenvalue weighted by Gasteiger charge is -2.24. The van der Waals surface area contributed by atoms with E-state index in [1.807, 2.05) is 0 Å². The zero-order valence-corrected chi connectivity index (χ0v) is 18.0. The topological polar surface area (TPSA) is 73.6 Å². The van der Waals surface area contributed by atoms with E-state index in [0.717, 1.165) is 13.1 Å². The maximum Gasteiger partial charge on any atom is 0.491 e. The van der Waals surface area contributed by atoms with Crippen molar-refractivity contribution in [1.82, 2.24) is 10.5 Å². The van der Waals surface area contributed by atoms with Gasteiger partial charge < -0.3 is 19.3 Å². The smallest absolute Gasteiger partial charge is 0.424 e. The number of esters is 1. The second-order valence-electron chi connectivity index (χ2n) is 9.11. The molecule has 34 heavy (non-hydrogen) atoms. The van der Waals surface area contributed by atoms with Crippen molar-refractivity contribution >= 4 is 5.97 Å². The highest BCUT2D eigenvalue weighted by Crippen LogP contribution is 2.49. The fourth-order valence-electron chi connectivity index (χ4n) is 4.99. The van der Waals surface area contributed by atoms with Gasteiger partial charge in [-0.15, -0.1) is 0 Å². The van der Waals surface area contributed by atoms with Crippen LogP contribution in [0.1, 0.15) is 61.2 Å². The molecule has 3 fully saturated rings. The first-order chi connectivity index (χ1) is 16.2. The van der Waals surface area contributed by atoms with Crippen molar-refractivity contribution < 1.29 is 40.7 Å². The monoisotopic (exact) mass is 486 g/mol. The summed E-state index contributed by atoms with van der Waals surface area (Å²) < 4.78 is 83.1. The van der Waals surface area contributed by atoms with Gasteiger partial charge in [0, 0.05) is 17.0 Å². The molecular weight excluding hydrogens is 463 g/mol. The fourth-order valence-corrected chi connectivity index (χ4v) is 4.99. The molecule has 1 saturated heterocycles. The van der Waals surface area contributed by atoms with E-state index in [-0.39, 0.29) is 34.1 Å². The van der Waals surface area contributed by atoms with Crippen molar-refractivity contribution in [2.24, 2.45) is 11.8 Å². The molecule has 11 heteroatoms. The molecule has 184 valence electrons. The third-order valence-corrected chi connectivity index (χ3v) is 6.76. The van der Waals surface area contributed by atoms with Gasteiger partial charge in [-0.25, -0.2) is 13.6 Å². The van der Waals surface area contributed by atoms with Crippen LogP contribution in [0.2, 0.25) is 0 Å². The lowest BCUT2D eigenvalue weighted by Crippen LogP contribution is -2.30. The third-order valence-electron chi connectivity index (χ3n) is 6.76. The number of alkyl halides is 5.